The molecule has 1 aliphatic rings. The minimum Gasteiger partial charge on any atom is -0.507 e. The van der Waals surface area contributed by atoms with Crippen LogP contribution in [-0.2, 0) is 20.9 Å². The van der Waals surface area contributed by atoms with Gasteiger partial charge < -0.3 is 24.2 Å². The number of aliphatic hydroxyl groups excluding tert-OH is 1. The van der Waals surface area contributed by atoms with Crippen LogP contribution in [0.4, 0.5) is 0 Å². The highest BCUT2D eigenvalue weighted by molar-refractivity contribution is 6.46. The number of likely N-dealkylation sites (tertiary alicyclic amines) is 1. The van der Waals surface area contributed by atoms with Crippen LogP contribution < -0.4 is 9.47 Å². The minimum absolute atomic E-state index is 0.0815. The van der Waals surface area contributed by atoms with E-state index in [1.54, 1.807) is 60.9 Å². The van der Waals surface area contributed by atoms with Gasteiger partial charge in [-0.25, -0.2) is 4.79 Å². The summed E-state index contributed by atoms with van der Waals surface area (Å²) in [6, 6.07) is 13.6. The zero-order valence-corrected chi connectivity index (χ0v) is 19.9. The summed E-state index contributed by atoms with van der Waals surface area (Å²) in [4.78, 5) is 43.8. The van der Waals surface area contributed by atoms with Crippen LogP contribution >= 0.6 is 0 Å². The van der Waals surface area contributed by atoms with Gasteiger partial charge in [-0.15, -0.1) is 0 Å². The first-order valence-electron chi connectivity index (χ1n) is 11.0. The molecule has 0 bridgehead atoms. The molecule has 1 unspecified atom stereocenters. The number of Topliss-reactive ketones (excluding diaryl/α,β-unsaturated/α-hetero) is 1. The summed E-state index contributed by atoms with van der Waals surface area (Å²) in [5.74, 6) is -1.66. The predicted molar refractivity (Wildman–Crippen MR) is 129 cm³/mol. The lowest BCUT2D eigenvalue weighted by Crippen LogP contribution is -2.29. The number of carbonyl (C=O) groups excluding carboxylic acids is 3. The second kappa shape index (κ2) is 10.3. The number of nitrogens with zero attached hydrogens (tertiary/aromatic N) is 2. The number of rotatable bonds is 7. The third kappa shape index (κ3) is 4.50. The quantitative estimate of drug-likeness (QED) is 0.233. The molecule has 0 saturated carbocycles. The molecule has 36 heavy (non-hydrogen) atoms. The van der Waals surface area contributed by atoms with Gasteiger partial charge in [0.05, 0.1) is 38.5 Å². The number of benzene rings is 2. The van der Waals surface area contributed by atoms with Crippen molar-refractivity contribution in [2.45, 2.75) is 12.6 Å². The third-order valence-electron chi connectivity index (χ3n) is 5.92. The maximum absolute atomic E-state index is 13.2. The number of aromatic nitrogens is 1. The van der Waals surface area contributed by atoms with Gasteiger partial charge in [0.2, 0.25) is 0 Å². The van der Waals surface area contributed by atoms with Gasteiger partial charge in [-0.3, -0.25) is 14.6 Å². The summed E-state index contributed by atoms with van der Waals surface area (Å²) in [6.07, 6.45) is 3.21. The van der Waals surface area contributed by atoms with Gasteiger partial charge in [-0.2, -0.15) is 0 Å². The molecule has 0 aliphatic carbocycles. The van der Waals surface area contributed by atoms with E-state index in [0.717, 1.165) is 0 Å². The predicted octanol–water partition coefficient (Wildman–Crippen LogP) is 3.51. The molecule has 1 amide bonds. The van der Waals surface area contributed by atoms with Crippen LogP contribution in [0.3, 0.4) is 0 Å². The molecule has 3 aromatic rings. The lowest BCUT2D eigenvalue weighted by Gasteiger charge is -2.25. The molecule has 1 fully saturated rings. The van der Waals surface area contributed by atoms with Gasteiger partial charge >= 0.3 is 5.97 Å². The van der Waals surface area contributed by atoms with Crippen LogP contribution in [-0.4, -0.2) is 54.0 Å². The van der Waals surface area contributed by atoms with E-state index in [1.807, 2.05) is 0 Å². The van der Waals surface area contributed by atoms with Crippen LogP contribution in [0.25, 0.3) is 5.76 Å². The van der Waals surface area contributed by atoms with E-state index in [4.69, 9.17) is 14.2 Å². The Labute approximate surface area is 207 Å². The first-order chi connectivity index (χ1) is 17.4. The van der Waals surface area contributed by atoms with Crippen molar-refractivity contribution in [1.29, 1.82) is 0 Å². The molecule has 1 atom stereocenters. The fourth-order valence-corrected chi connectivity index (χ4v) is 4.14. The van der Waals surface area contributed by atoms with Gasteiger partial charge in [-0.1, -0.05) is 18.2 Å². The van der Waals surface area contributed by atoms with Crippen molar-refractivity contribution in [2.75, 3.05) is 21.3 Å². The van der Waals surface area contributed by atoms with Crippen molar-refractivity contribution in [1.82, 2.24) is 9.88 Å². The van der Waals surface area contributed by atoms with Gasteiger partial charge in [0.25, 0.3) is 11.7 Å². The molecule has 1 N–H and O–H groups in total. The molecule has 1 aromatic heterocycles. The van der Waals surface area contributed by atoms with Crippen LogP contribution in [0.1, 0.15) is 33.1 Å². The highest BCUT2D eigenvalue weighted by atomic mass is 16.5. The van der Waals surface area contributed by atoms with E-state index in [-0.39, 0.29) is 23.4 Å². The standard InChI is InChI=1S/C27H24N2O7/c1-34-20-11-10-19(13-21(20)35-2)24(30)22-23(17-6-8-18(9-7-17)27(33)36-3)29(26(32)25(22)31)15-16-5-4-12-28-14-16/h4-14,23,30H,15H2,1-3H3/b24-22-. The number of carbonyl (C=O) groups is 3. The molecular weight excluding hydrogens is 464 g/mol. The van der Waals surface area contributed by atoms with Gasteiger partial charge in [0.15, 0.2) is 11.5 Å². The van der Waals surface area contributed by atoms with E-state index in [2.05, 4.69) is 4.98 Å². The van der Waals surface area contributed by atoms with Crippen molar-refractivity contribution in [2.24, 2.45) is 0 Å². The van der Waals surface area contributed by atoms with Crippen LogP contribution in [0.5, 0.6) is 11.5 Å². The number of amides is 1. The number of ether oxygens (including phenoxy) is 3. The Morgan fingerprint density at radius 2 is 1.67 bits per heavy atom. The molecule has 2 aromatic carbocycles. The SMILES string of the molecule is COC(=O)c1ccc(C2/C(=C(/O)c3ccc(OC)c(OC)c3)C(=O)C(=O)N2Cc2cccnc2)cc1. The molecule has 4 rings (SSSR count). The Hall–Kier alpha value is -4.66. The summed E-state index contributed by atoms with van der Waals surface area (Å²) >= 11 is 0. The molecule has 9 nitrogen and oxygen atoms in total. The average Bonchev–Trinajstić information content (AvgIpc) is 3.17. The Bertz CT molecular complexity index is 1330. The number of pyridine rings is 1. The van der Waals surface area contributed by atoms with Crippen molar-refractivity contribution in [3.05, 3.63) is 94.8 Å². The normalized spacial score (nSPS) is 16.6. The van der Waals surface area contributed by atoms with Crippen molar-refractivity contribution < 1.29 is 33.7 Å². The second-order valence-electron chi connectivity index (χ2n) is 7.97. The zero-order valence-electron chi connectivity index (χ0n) is 19.9. The first kappa shape index (κ1) is 24.5. The van der Waals surface area contributed by atoms with Gasteiger partial charge in [-0.05, 0) is 47.5 Å². The number of ketones is 1. The molecule has 1 aliphatic heterocycles. The minimum atomic E-state index is -0.912. The Morgan fingerprint density at radius 3 is 2.28 bits per heavy atom. The van der Waals surface area contributed by atoms with Gasteiger partial charge in [0, 0.05) is 24.5 Å². The number of hydrogen-bond acceptors (Lipinski definition) is 8. The Kier molecular flexibility index (Phi) is 7.00. The molecule has 0 radical (unpaired) electrons. The molecule has 2 heterocycles. The highest BCUT2D eigenvalue weighted by Crippen LogP contribution is 2.41. The summed E-state index contributed by atoms with van der Waals surface area (Å²) in [6.45, 7) is 0.0878. The summed E-state index contributed by atoms with van der Waals surface area (Å²) < 4.78 is 15.3. The second-order valence-corrected chi connectivity index (χ2v) is 7.97. The fourth-order valence-electron chi connectivity index (χ4n) is 4.14. The Balaban J connectivity index is 1.86. The fraction of sp³-hybridized carbons (Fsp3) is 0.185. The maximum Gasteiger partial charge on any atom is 0.337 e. The molecule has 9 heteroatoms. The van der Waals surface area contributed by atoms with Crippen molar-refractivity contribution >= 4 is 23.4 Å². The smallest absolute Gasteiger partial charge is 0.337 e. The number of esters is 1. The zero-order chi connectivity index (χ0) is 25.8. The van der Waals surface area contributed by atoms with E-state index in [9.17, 15) is 19.5 Å². The molecule has 0 spiro atoms. The van der Waals surface area contributed by atoms with Crippen LogP contribution in [0.15, 0.2) is 72.6 Å². The molecule has 1 saturated heterocycles. The Morgan fingerprint density at radius 1 is 0.972 bits per heavy atom. The summed E-state index contributed by atoms with van der Waals surface area (Å²) in [5.41, 5.74) is 1.75. The molecular formula is C27H24N2O7. The lowest BCUT2D eigenvalue weighted by atomic mass is 9.94. The van der Waals surface area contributed by atoms with E-state index in [0.29, 0.717) is 28.2 Å². The van der Waals surface area contributed by atoms with Gasteiger partial charge in [0.1, 0.15) is 5.76 Å². The largest absolute Gasteiger partial charge is 0.507 e. The van der Waals surface area contributed by atoms with Crippen molar-refractivity contribution in [3.63, 3.8) is 0 Å². The van der Waals surface area contributed by atoms with E-state index in [1.165, 1.54) is 32.3 Å². The summed E-state index contributed by atoms with van der Waals surface area (Å²) in [7, 11) is 4.22. The van der Waals surface area contributed by atoms with E-state index < -0.39 is 23.7 Å². The molecule has 184 valence electrons. The number of hydrogen-bond donors (Lipinski definition) is 1. The first-order valence-corrected chi connectivity index (χ1v) is 11.0. The topological polar surface area (TPSA) is 115 Å². The monoisotopic (exact) mass is 488 g/mol. The highest BCUT2D eigenvalue weighted by Gasteiger charge is 2.46. The summed E-state index contributed by atoms with van der Waals surface area (Å²) in [5, 5.41) is 11.3. The maximum atomic E-state index is 13.2. The number of aliphatic hydroxyl groups is 1. The van der Waals surface area contributed by atoms with Crippen LogP contribution in [0.2, 0.25) is 0 Å². The van der Waals surface area contributed by atoms with Crippen molar-refractivity contribution in [3.8, 4) is 11.5 Å². The number of methoxy groups -OCH3 is 3. The average molecular weight is 488 g/mol. The lowest BCUT2D eigenvalue weighted by molar-refractivity contribution is -0.140. The van der Waals surface area contributed by atoms with Crippen LogP contribution in [0, 0.1) is 0 Å². The van der Waals surface area contributed by atoms with E-state index >= 15 is 0 Å². The third-order valence-corrected chi connectivity index (χ3v) is 5.92.